The molecule has 10 rings (SSSR count). The lowest BCUT2D eigenvalue weighted by molar-refractivity contribution is 0.660. The molecule has 0 aliphatic heterocycles. The van der Waals surface area contributed by atoms with Gasteiger partial charge in [-0.15, -0.1) is 0 Å². The van der Waals surface area contributed by atoms with Gasteiger partial charge in [0.1, 0.15) is 0 Å². The quantitative estimate of drug-likeness (QED) is 0.150. The van der Waals surface area contributed by atoms with Gasteiger partial charge in [0, 0.05) is 22.2 Å². The van der Waals surface area contributed by atoms with Gasteiger partial charge >= 0.3 is 0 Å². The van der Waals surface area contributed by atoms with E-state index in [2.05, 4.69) is 243 Å². The third-order valence-electron chi connectivity index (χ3n) is 11.9. The Labute approximate surface area is 342 Å². The number of anilines is 3. The van der Waals surface area contributed by atoms with Crippen LogP contribution < -0.4 is 4.90 Å². The zero-order valence-corrected chi connectivity index (χ0v) is 32.8. The molecule has 276 valence electrons. The van der Waals surface area contributed by atoms with E-state index in [1.807, 2.05) is 0 Å². The van der Waals surface area contributed by atoms with Gasteiger partial charge in [0.05, 0.1) is 11.4 Å². The standard InChI is InChI=1S/C57H43N/c1-57(2)51-32-16-14-29-50(51)55-47(30-18-33-52(55)57)43-36-38-44(39-37-43)58(53-34-17-15-27-46(53)41-22-8-4-9-23-41)54-35-19-31-48(42-24-10-5-11-25-42)56(54)49-28-13-12-26-45(49)40-20-6-3-7-21-40/h3-39H,1-2H3. The lowest BCUT2D eigenvalue weighted by Crippen LogP contribution is -2.14. The maximum atomic E-state index is 2.48. The summed E-state index contributed by atoms with van der Waals surface area (Å²) in [6, 6.07) is 81.8. The minimum Gasteiger partial charge on any atom is -0.309 e. The Morgan fingerprint density at radius 2 is 0.690 bits per heavy atom. The second-order valence-electron chi connectivity index (χ2n) is 15.6. The number of benzene rings is 9. The fourth-order valence-electron chi connectivity index (χ4n) is 9.16. The highest BCUT2D eigenvalue weighted by Gasteiger charge is 2.36. The Morgan fingerprint density at radius 3 is 1.34 bits per heavy atom. The minimum atomic E-state index is -0.0595. The fourth-order valence-corrected chi connectivity index (χ4v) is 9.16. The molecule has 0 aromatic heterocycles. The van der Waals surface area contributed by atoms with Crippen LogP contribution in [0.1, 0.15) is 25.0 Å². The highest BCUT2D eigenvalue weighted by atomic mass is 15.1. The Bertz CT molecular complexity index is 2890. The van der Waals surface area contributed by atoms with Crippen molar-refractivity contribution in [2.45, 2.75) is 19.3 Å². The van der Waals surface area contributed by atoms with Crippen LogP contribution in [0.15, 0.2) is 224 Å². The molecule has 0 fully saturated rings. The summed E-state index contributed by atoms with van der Waals surface area (Å²) in [5.74, 6) is 0. The Balaban J connectivity index is 1.22. The third-order valence-corrected chi connectivity index (χ3v) is 11.9. The Kier molecular flexibility index (Phi) is 8.92. The average Bonchev–Trinajstić information content (AvgIpc) is 3.53. The number of nitrogens with zero attached hydrogens (tertiary/aromatic N) is 1. The number of rotatable bonds is 8. The Hall–Kier alpha value is -7.22. The first-order valence-electron chi connectivity index (χ1n) is 20.2. The molecule has 0 N–H and O–H groups in total. The molecule has 0 amide bonds. The molecule has 1 heteroatoms. The third kappa shape index (κ3) is 6.04. The first kappa shape index (κ1) is 35.2. The van der Waals surface area contributed by atoms with E-state index in [9.17, 15) is 0 Å². The van der Waals surface area contributed by atoms with Crippen LogP contribution in [-0.2, 0) is 5.41 Å². The number of hydrogen-bond donors (Lipinski definition) is 0. The number of hydrogen-bond acceptors (Lipinski definition) is 1. The van der Waals surface area contributed by atoms with Gasteiger partial charge < -0.3 is 4.90 Å². The van der Waals surface area contributed by atoms with Crippen molar-refractivity contribution in [3.8, 4) is 66.8 Å². The molecule has 0 saturated carbocycles. The zero-order chi connectivity index (χ0) is 39.1. The second kappa shape index (κ2) is 14.7. The molecule has 1 aliphatic rings. The zero-order valence-electron chi connectivity index (χ0n) is 32.8. The van der Waals surface area contributed by atoms with E-state index in [1.165, 1.54) is 77.9 Å². The van der Waals surface area contributed by atoms with Crippen LogP contribution in [0.2, 0.25) is 0 Å². The van der Waals surface area contributed by atoms with Gasteiger partial charge in [-0.05, 0) is 91.0 Å². The van der Waals surface area contributed by atoms with E-state index in [-0.39, 0.29) is 5.41 Å². The molecule has 1 nitrogen and oxygen atoms in total. The maximum Gasteiger partial charge on any atom is 0.0546 e. The van der Waals surface area contributed by atoms with Crippen molar-refractivity contribution in [1.29, 1.82) is 0 Å². The Morgan fingerprint density at radius 1 is 0.276 bits per heavy atom. The van der Waals surface area contributed by atoms with E-state index < -0.39 is 0 Å². The molecular formula is C57H43N. The van der Waals surface area contributed by atoms with E-state index in [0.717, 1.165) is 17.1 Å². The molecule has 0 unspecified atom stereocenters. The number of fused-ring (bicyclic) bond motifs is 3. The summed E-state index contributed by atoms with van der Waals surface area (Å²) >= 11 is 0. The molecule has 0 radical (unpaired) electrons. The van der Waals surface area contributed by atoms with Crippen molar-refractivity contribution >= 4 is 17.1 Å². The van der Waals surface area contributed by atoms with Crippen LogP contribution in [0, 0.1) is 0 Å². The lowest BCUT2D eigenvalue weighted by Gasteiger charge is -2.31. The van der Waals surface area contributed by atoms with Crippen molar-refractivity contribution in [2.75, 3.05) is 4.90 Å². The molecule has 0 heterocycles. The topological polar surface area (TPSA) is 3.24 Å². The van der Waals surface area contributed by atoms with Crippen molar-refractivity contribution < 1.29 is 0 Å². The summed E-state index contributed by atoms with van der Waals surface area (Å²) in [5, 5.41) is 0. The second-order valence-corrected chi connectivity index (χ2v) is 15.6. The van der Waals surface area contributed by atoms with Crippen molar-refractivity contribution in [3.05, 3.63) is 236 Å². The summed E-state index contributed by atoms with van der Waals surface area (Å²) in [4.78, 5) is 2.48. The lowest BCUT2D eigenvalue weighted by atomic mass is 9.82. The molecule has 0 bridgehead atoms. The first-order chi connectivity index (χ1) is 28.6. The summed E-state index contributed by atoms with van der Waals surface area (Å²) in [6.07, 6.45) is 0. The normalized spacial score (nSPS) is 12.4. The van der Waals surface area contributed by atoms with Gasteiger partial charge in [-0.2, -0.15) is 0 Å². The average molecular weight is 742 g/mol. The summed E-state index contributed by atoms with van der Waals surface area (Å²) < 4.78 is 0. The van der Waals surface area contributed by atoms with Crippen LogP contribution in [-0.4, -0.2) is 0 Å². The van der Waals surface area contributed by atoms with Gasteiger partial charge in [0.15, 0.2) is 0 Å². The van der Waals surface area contributed by atoms with Gasteiger partial charge in [0.2, 0.25) is 0 Å². The molecule has 0 saturated heterocycles. The predicted octanol–water partition coefficient (Wildman–Crippen LogP) is 15.8. The smallest absolute Gasteiger partial charge is 0.0546 e. The first-order valence-corrected chi connectivity index (χ1v) is 20.2. The fraction of sp³-hybridized carbons (Fsp3) is 0.0526. The van der Waals surface area contributed by atoms with Crippen LogP contribution in [0.3, 0.4) is 0 Å². The largest absolute Gasteiger partial charge is 0.309 e. The maximum absolute atomic E-state index is 2.48. The summed E-state index contributed by atoms with van der Waals surface area (Å²) in [5.41, 5.74) is 20.6. The van der Waals surface area contributed by atoms with Gasteiger partial charge in [-0.3, -0.25) is 0 Å². The molecule has 9 aromatic carbocycles. The minimum absolute atomic E-state index is 0.0595. The van der Waals surface area contributed by atoms with E-state index in [0.29, 0.717) is 0 Å². The van der Waals surface area contributed by atoms with E-state index in [4.69, 9.17) is 0 Å². The van der Waals surface area contributed by atoms with Crippen molar-refractivity contribution in [2.24, 2.45) is 0 Å². The molecule has 0 atom stereocenters. The SMILES string of the molecule is CC1(C)c2ccccc2-c2c(-c3ccc(N(c4ccccc4-c4ccccc4)c4cccc(-c5ccccc5)c4-c4ccccc4-c4ccccc4)cc3)cccc21. The van der Waals surface area contributed by atoms with E-state index in [1.54, 1.807) is 0 Å². The highest BCUT2D eigenvalue weighted by Crippen LogP contribution is 2.53. The van der Waals surface area contributed by atoms with Crippen LogP contribution in [0.5, 0.6) is 0 Å². The van der Waals surface area contributed by atoms with Gasteiger partial charge in [-0.25, -0.2) is 0 Å². The number of para-hydroxylation sites is 1. The van der Waals surface area contributed by atoms with E-state index >= 15 is 0 Å². The molecule has 1 aliphatic carbocycles. The van der Waals surface area contributed by atoms with Crippen LogP contribution in [0.25, 0.3) is 66.8 Å². The molecule has 58 heavy (non-hydrogen) atoms. The summed E-state index contributed by atoms with van der Waals surface area (Å²) in [7, 11) is 0. The molecular weight excluding hydrogens is 699 g/mol. The monoisotopic (exact) mass is 741 g/mol. The van der Waals surface area contributed by atoms with Gasteiger partial charge in [-0.1, -0.05) is 214 Å². The molecule has 0 spiro atoms. The predicted molar refractivity (Wildman–Crippen MR) is 246 cm³/mol. The highest BCUT2D eigenvalue weighted by molar-refractivity contribution is 6.03. The molecule has 9 aromatic rings. The van der Waals surface area contributed by atoms with Crippen molar-refractivity contribution in [3.63, 3.8) is 0 Å². The summed E-state index contributed by atoms with van der Waals surface area (Å²) in [6.45, 7) is 4.70. The van der Waals surface area contributed by atoms with Crippen LogP contribution >= 0.6 is 0 Å². The van der Waals surface area contributed by atoms with Gasteiger partial charge in [0.25, 0.3) is 0 Å². The van der Waals surface area contributed by atoms with Crippen molar-refractivity contribution in [1.82, 2.24) is 0 Å². The van der Waals surface area contributed by atoms with Crippen LogP contribution in [0.4, 0.5) is 17.1 Å².